The fraction of sp³-hybridized carbons (Fsp3) is 0.500. The van der Waals surface area contributed by atoms with Gasteiger partial charge < -0.3 is 20.7 Å². The van der Waals surface area contributed by atoms with Crippen molar-refractivity contribution in [2.75, 3.05) is 24.7 Å². The Morgan fingerprint density at radius 3 is 2.50 bits per heavy atom. The van der Waals surface area contributed by atoms with Crippen LogP contribution >= 0.6 is 11.8 Å². The molecular formula is C24H32N4O7S. The molecule has 1 aromatic carbocycles. The van der Waals surface area contributed by atoms with Gasteiger partial charge in [0.25, 0.3) is 6.47 Å². The van der Waals surface area contributed by atoms with Crippen LogP contribution in [0.5, 0.6) is 0 Å². The van der Waals surface area contributed by atoms with E-state index in [1.165, 1.54) is 23.6 Å². The Balaban J connectivity index is 1.59. The van der Waals surface area contributed by atoms with E-state index in [2.05, 4.69) is 20.7 Å². The number of anilines is 1. The maximum atomic E-state index is 12.3. The molecule has 0 aliphatic carbocycles. The zero-order valence-corrected chi connectivity index (χ0v) is 21.2. The van der Waals surface area contributed by atoms with Gasteiger partial charge in [-0.2, -0.15) is 11.8 Å². The lowest BCUT2D eigenvalue weighted by Gasteiger charge is -2.15. The number of unbranched alkanes of at least 4 members (excludes halogenated alkanes) is 2. The molecule has 0 aromatic heterocycles. The Morgan fingerprint density at radius 1 is 1.14 bits per heavy atom. The third-order valence-corrected chi connectivity index (χ3v) is 6.47. The molecular weight excluding hydrogens is 488 g/mol. The largest absolute Gasteiger partial charge is 0.463 e. The molecule has 36 heavy (non-hydrogen) atoms. The average molecular weight is 521 g/mol. The van der Waals surface area contributed by atoms with Crippen LogP contribution in [-0.4, -0.2) is 71.5 Å². The first kappa shape index (κ1) is 28.8. The number of nitrogens with one attached hydrogen (secondary N) is 3. The normalized spacial score (nSPS) is 15.8. The highest BCUT2D eigenvalue weighted by atomic mass is 32.2. The molecule has 0 bridgehead atoms. The van der Waals surface area contributed by atoms with Crippen molar-refractivity contribution in [2.45, 2.75) is 56.9 Å². The number of imide groups is 1. The molecule has 1 saturated heterocycles. The molecule has 1 fully saturated rings. The third kappa shape index (κ3) is 9.33. The van der Waals surface area contributed by atoms with Crippen molar-refractivity contribution in [1.82, 2.24) is 15.5 Å². The lowest BCUT2D eigenvalue weighted by Crippen LogP contribution is -2.45. The van der Waals surface area contributed by atoms with Gasteiger partial charge in [0.2, 0.25) is 29.5 Å². The van der Waals surface area contributed by atoms with Gasteiger partial charge in [0.15, 0.2) is 0 Å². The van der Waals surface area contributed by atoms with Crippen molar-refractivity contribution in [1.29, 1.82) is 0 Å². The Morgan fingerprint density at radius 2 is 1.86 bits per heavy atom. The standard InChI is InChI=1S/C24H32N4O7S/c1-16(23(33)27-18-9-7-17(8-10-18)14-35-15-29)26-21(31)13-25-20(30)6-4-3-5-11-28-22(32)12-19(36-2)24(28)34/h7-10,15-16,19H,3-6,11-14H2,1-2H3,(H,25,30)(H,26,31)(H,27,33)/t16-,19?/m0/s1. The Kier molecular flexibility index (Phi) is 11.9. The van der Waals surface area contributed by atoms with Crippen molar-refractivity contribution in [3.63, 3.8) is 0 Å². The molecule has 1 aromatic rings. The summed E-state index contributed by atoms with van der Waals surface area (Å²) in [5.41, 5.74) is 1.28. The van der Waals surface area contributed by atoms with E-state index in [0.29, 0.717) is 38.0 Å². The SMILES string of the molecule is CSC1CC(=O)N(CCCCCC(=O)NCC(=O)N[C@@H](C)C(=O)Nc2ccc(COC=O)cc2)C1=O. The molecule has 2 atom stereocenters. The fourth-order valence-corrected chi connectivity index (χ4v) is 4.13. The van der Waals surface area contributed by atoms with Gasteiger partial charge in [-0.15, -0.1) is 0 Å². The number of hydrogen-bond acceptors (Lipinski definition) is 8. The summed E-state index contributed by atoms with van der Waals surface area (Å²) in [4.78, 5) is 71.8. The van der Waals surface area contributed by atoms with E-state index < -0.39 is 17.9 Å². The van der Waals surface area contributed by atoms with Crippen LogP contribution in [0.2, 0.25) is 0 Å². The Bertz CT molecular complexity index is 954. The molecule has 1 unspecified atom stereocenters. The van der Waals surface area contributed by atoms with Gasteiger partial charge in [0.1, 0.15) is 12.6 Å². The maximum Gasteiger partial charge on any atom is 0.293 e. The predicted octanol–water partition coefficient (Wildman–Crippen LogP) is 0.970. The van der Waals surface area contributed by atoms with Crippen LogP contribution in [0.15, 0.2) is 24.3 Å². The molecule has 196 valence electrons. The number of carbonyl (C=O) groups excluding carboxylic acids is 6. The van der Waals surface area contributed by atoms with Gasteiger partial charge in [-0.05, 0) is 43.7 Å². The van der Waals surface area contributed by atoms with Crippen LogP contribution in [0.4, 0.5) is 5.69 Å². The number of thioether (sulfide) groups is 1. The summed E-state index contributed by atoms with van der Waals surface area (Å²) in [5.74, 6) is -1.51. The summed E-state index contributed by atoms with van der Waals surface area (Å²) in [7, 11) is 0. The molecule has 0 saturated carbocycles. The number of carbonyl (C=O) groups is 6. The van der Waals surface area contributed by atoms with Gasteiger partial charge in [-0.25, -0.2) is 0 Å². The highest BCUT2D eigenvalue weighted by Crippen LogP contribution is 2.23. The number of hydrogen-bond donors (Lipinski definition) is 3. The number of nitrogens with zero attached hydrogens (tertiary/aromatic N) is 1. The van der Waals surface area contributed by atoms with E-state index in [0.717, 1.165) is 5.56 Å². The minimum absolute atomic E-state index is 0.134. The van der Waals surface area contributed by atoms with Gasteiger partial charge in [0, 0.05) is 25.1 Å². The van der Waals surface area contributed by atoms with Crippen LogP contribution in [-0.2, 0) is 40.1 Å². The van der Waals surface area contributed by atoms with Gasteiger partial charge in [-0.1, -0.05) is 18.6 Å². The van der Waals surface area contributed by atoms with Gasteiger partial charge in [0.05, 0.1) is 11.8 Å². The monoisotopic (exact) mass is 520 g/mol. The average Bonchev–Trinajstić information content (AvgIpc) is 3.14. The summed E-state index contributed by atoms with van der Waals surface area (Å²) in [6.45, 7) is 2.12. The maximum absolute atomic E-state index is 12.3. The van der Waals surface area contributed by atoms with Crippen LogP contribution in [0, 0.1) is 0 Å². The summed E-state index contributed by atoms with van der Waals surface area (Å²) in [5, 5.41) is 7.42. The van der Waals surface area contributed by atoms with Crippen molar-refractivity contribution in [3.8, 4) is 0 Å². The molecule has 11 nitrogen and oxygen atoms in total. The highest BCUT2D eigenvalue weighted by molar-refractivity contribution is 8.00. The van der Waals surface area contributed by atoms with Crippen LogP contribution in [0.3, 0.4) is 0 Å². The molecule has 3 N–H and O–H groups in total. The summed E-state index contributed by atoms with van der Waals surface area (Å²) >= 11 is 1.38. The lowest BCUT2D eigenvalue weighted by atomic mass is 10.2. The van der Waals surface area contributed by atoms with Crippen molar-refractivity contribution in [2.24, 2.45) is 0 Å². The van der Waals surface area contributed by atoms with Crippen molar-refractivity contribution >= 4 is 53.5 Å². The number of ether oxygens (including phenoxy) is 1. The highest BCUT2D eigenvalue weighted by Gasteiger charge is 2.37. The van der Waals surface area contributed by atoms with Crippen molar-refractivity contribution < 1.29 is 33.5 Å². The minimum atomic E-state index is -0.825. The molecule has 0 radical (unpaired) electrons. The summed E-state index contributed by atoms with van der Waals surface area (Å²) in [6, 6.07) is 5.87. The van der Waals surface area contributed by atoms with Gasteiger partial charge in [-0.3, -0.25) is 33.7 Å². The predicted molar refractivity (Wildman–Crippen MR) is 134 cm³/mol. The second kappa shape index (κ2) is 14.9. The minimum Gasteiger partial charge on any atom is -0.463 e. The fourth-order valence-electron chi connectivity index (χ4n) is 3.49. The molecule has 12 heteroatoms. The first-order valence-corrected chi connectivity index (χ1v) is 12.9. The number of rotatable bonds is 15. The van der Waals surface area contributed by atoms with Crippen LogP contribution in [0.25, 0.3) is 0 Å². The zero-order chi connectivity index (χ0) is 26.5. The first-order valence-electron chi connectivity index (χ1n) is 11.6. The van der Waals surface area contributed by atoms with E-state index in [9.17, 15) is 28.8 Å². The van der Waals surface area contributed by atoms with Crippen molar-refractivity contribution in [3.05, 3.63) is 29.8 Å². The molecule has 1 aliphatic rings. The van der Waals surface area contributed by atoms with E-state index in [1.807, 2.05) is 6.26 Å². The number of benzene rings is 1. The second-order valence-corrected chi connectivity index (χ2v) is 9.32. The smallest absolute Gasteiger partial charge is 0.293 e. The second-order valence-electron chi connectivity index (χ2n) is 8.28. The zero-order valence-electron chi connectivity index (χ0n) is 20.4. The molecule has 1 aliphatic heterocycles. The third-order valence-electron chi connectivity index (χ3n) is 5.53. The summed E-state index contributed by atoms with van der Waals surface area (Å²) < 4.78 is 4.66. The Hall–Kier alpha value is -3.41. The quantitative estimate of drug-likeness (QED) is 0.176. The molecule has 0 spiro atoms. The number of likely N-dealkylation sites (tertiary alicyclic amines) is 1. The molecule has 1 heterocycles. The van der Waals surface area contributed by atoms with Crippen LogP contribution < -0.4 is 16.0 Å². The van der Waals surface area contributed by atoms with E-state index in [1.54, 1.807) is 24.3 Å². The first-order chi connectivity index (χ1) is 17.2. The van der Waals surface area contributed by atoms with Crippen LogP contribution in [0.1, 0.15) is 44.6 Å². The molecule has 5 amide bonds. The molecule has 2 rings (SSSR count). The summed E-state index contributed by atoms with van der Waals surface area (Å²) in [6.07, 6.45) is 4.12. The van der Waals surface area contributed by atoms with E-state index in [4.69, 9.17) is 0 Å². The Labute approximate surface area is 214 Å². The van der Waals surface area contributed by atoms with Gasteiger partial charge >= 0.3 is 0 Å². The number of amides is 5. The topological polar surface area (TPSA) is 151 Å². The van der Waals surface area contributed by atoms with E-state index >= 15 is 0 Å². The lowest BCUT2D eigenvalue weighted by molar-refractivity contribution is -0.138. The van der Waals surface area contributed by atoms with E-state index in [-0.39, 0.29) is 49.0 Å².